The Bertz CT molecular complexity index is 897. The molecule has 0 saturated heterocycles. The van der Waals surface area contributed by atoms with Gasteiger partial charge >= 0.3 is 5.97 Å². The lowest BCUT2D eigenvalue weighted by Crippen LogP contribution is -2.57. The summed E-state index contributed by atoms with van der Waals surface area (Å²) >= 11 is 0. The van der Waals surface area contributed by atoms with Crippen LogP contribution in [0.15, 0.2) is 29.3 Å². The minimum Gasteiger partial charge on any atom is -0.479 e. The molecule has 0 aromatic carbocycles. The van der Waals surface area contributed by atoms with E-state index in [-0.39, 0.29) is 5.56 Å². The standard InChI is InChI=1S/C18H21N3O4/c1-12-6-9-21-14(10-12)19-11-13(16(21)23)15(22)20(2)18(17(24)25)7-4-3-5-8-18/h6,9-11H,3-5,7-8H2,1-2H3,(H,24,25). The highest BCUT2D eigenvalue weighted by molar-refractivity contribution is 5.97. The van der Waals surface area contributed by atoms with Gasteiger partial charge < -0.3 is 10.0 Å². The summed E-state index contributed by atoms with van der Waals surface area (Å²) in [6.07, 6.45) is 6.06. The molecule has 0 bridgehead atoms. The van der Waals surface area contributed by atoms with Crippen molar-refractivity contribution >= 4 is 17.5 Å². The van der Waals surface area contributed by atoms with Crippen LogP contribution < -0.4 is 5.56 Å². The molecule has 1 saturated carbocycles. The van der Waals surface area contributed by atoms with Crippen molar-refractivity contribution in [2.24, 2.45) is 0 Å². The van der Waals surface area contributed by atoms with Crippen LogP contribution in [-0.2, 0) is 4.79 Å². The first-order chi connectivity index (χ1) is 11.9. The molecule has 0 aliphatic heterocycles. The van der Waals surface area contributed by atoms with E-state index in [0.717, 1.165) is 24.8 Å². The number of carbonyl (C=O) groups is 2. The van der Waals surface area contributed by atoms with E-state index in [2.05, 4.69) is 4.98 Å². The Kier molecular flexibility index (Phi) is 4.32. The highest BCUT2D eigenvalue weighted by Gasteiger charge is 2.46. The number of carbonyl (C=O) groups excluding carboxylic acids is 1. The Morgan fingerprint density at radius 2 is 1.96 bits per heavy atom. The molecular formula is C18H21N3O4. The summed E-state index contributed by atoms with van der Waals surface area (Å²) in [5, 5.41) is 9.73. The van der Waals surface area contributed by atoms with Crippen molar-refractivity contribution in [3.63, 3.8) is 0 Å². The Morgan fingerprint density at radius 3 is 2.60 bits per heavy atom. The summed E-state index contributed by atoms with van der Waals surface area (Å²) in [6.45, 7) is 1.89. The average molecular weight is 343 g/mol. The van der Waals surface area contributed by atoms with Crippen LogP contribution in [0.4, 0.5) is 0 Å². The monoisotopic (exact) mass is 343 g/mol. The molecule has 1 aliphatic rings. The van der Waals surface area contributed by atoms with E-state index < -0.39 is 23.0 Å². The molecule has 0 unspecified atom stereocenters. The number of carboxylic acid groups (broad SMARTS) is 1. The predicted octanol–water partition coefficient (Wildman–Crippen LogP) is 1.86. The first-order valence-corrected chi connectivity index (χ1v) is 8.36. The maximum absolute atomic E-state index is 12.9. The fourth-order valence-electron chi connectivity index (χ4n) is 3.53. The number of aliphatic carboxylic acids is 1. The van der Waals surface area contributed by atoms with E-state index in [9.17, 15) is 19.5 Å². The summed E-state index contributed by atoms with van der Waals surface area (Å²) in [6, 6.07) is 3.51. The number of likely N-dealkylation sites (N-methyl/N-ethyl adjacent to an activating group) is 1. The maximum Gasteiger partial charge on any atom is 0.329 e. The zero-order valence-corrected chi connectivity index (χ0v) is 14.4. The molecular weight excluding hydrogens is 322 g/mol. The van der Waals surface area contributed by atoms with Gasteiger partial charge in [-0.15, -0.1) is 0 Å². The summed E-state index contributed by atoms with van der Waals surface area (Å²) in [5.74, 6) is -1.62. The molecule has 25 heavy (non-hydrogen) atoms. The highest BCUT2D eigenvalue weighted by atomic mass is 16.4. The SMILES string of the molecule is Cc1ccn2c(=O)c(C(=O)N(C)C3(C(=O)O)CCCCC3)cnc2c1. The van der Waals surface area contributed by atoms with Gasteiger partial charge in [-0.1, -0.05) is 19.3 Å². The largest absolute Gasteiger partial charge is 0.479 e. The summed E-state index contributed by atoms with van der Waals surface area (Å²) in [5.41, 5.74) is -0.451. The van der Waals surface area contributed by atoms with Crippen LogP contribution in [0.25, 0.3) is 5.65 Å². The van der Waals surface area contributed by atoms with Crippen molar-refractivity contribution in [2.75, 3.05) is 7.05 Å². The molecule has 2 aromatic heterocycles. The molecule has 0 spiro atoms. The Morgan fingerprint density at radius 1 is 1.28 bits per heavy atom. The molecule has 0 atom stereocenters. The second kappa shape index (κ2) is 6.31. The van der Waals surface area contributed by atoms with Gasteiger partial charge in [-0.3, -0.25) is 14.0 Å². The third kappa shape index (κ3) is 2.79. The molecule has 132 valence electrons. The van der Waals surface area contributed by atoms with E-state index in [4.69, 9.17) is 0 Å². The third-order valence-corrected chi connectivity index (χ3v) is 5.12. The molecule has 2 aromatic rings. The lowest BCUT2D eigenvalue weighted by molar-refractivity contribution is -0.151. The second-order valence-electron chi connectivity index (χ2n) is 6.67. The van der Waals surface area contributed by atoms with Crippen molar-refractivity contribution in [1.82, 2.24) is 14.3 Å². The van der Waals surface area contributed by atoms with Crippen LogP contribution in [-0.4, -0.2) is 43.9 Å². The molecule has 1 amide bonds. The van der Waals surface area contributed by atoms with Gasteiger partial charge in [-0.05, 0) is 37.5 Å². The van der Waals surface area contributed by atoms with Gasteiger partial charge in [0.05, 0.1) is 0 Å². The van der Waals surface area contributed by atoms with Crippen LogP contribution in [0.5, 0.6) is 0 Å². The summed E-state index contributed by atoms with van der Waals surface area (Å²) in [4.78, 5) is 42.9. The molecule has 3 rings (SSSR count). The number of aromatic nitrogens is 2. The fourth-order valence-corrected chi connectivity index (χ4v) is 3.53. The van der Waals surface area contributed by atoms with Gasteiger partial charge in [-0.25, -0.2) is 9.78 Å². The minimum absolute atomic E-state index is 0.116. The Hall–Kier alpha value is -2.70. The lowest BCUT2D eigenvalue weighted by Gasteiger charge is -2.40. The van der Waals surface area contributed by atoms with E-state index in [1.807, 2.05) is 6.92 Å². The predicted molar refractivity (Wildman–Crippen MR) is 91.7 cm³/mol. The maximum atomic E-state index is 12.9. The summed E-state index contributed by atoms with van der Waals surface area (Å²) < 4.78 is 1.31. The van der Waals surface area contributed by atoms with Crippen LogP contribution in [0.3, 0.4) is 0 Å². The molecule has 1 aliphatic carbocycles. The quantitative estimate of drug-likeness (QED) is 0.918. The zero-order chi connectivity index (χ0) is 18.2. The van der Waals surface area contributed by atoms with Gasteiger partial charge in [0, 0.05) is 19.4 Å². The fraction of sp³-hybridized carbons (Fsp3) is 0.444. The number of hydrogen-bond acceptors (Lipinski definition) is 4. The number of hydrogen-bond donors (Lipinski definition) is 1. The number of amides is 1. The summed E-state index contributed by atoms with van der Waals surface area (Å²) in [7, 11) is 1.46. The van der Waals surface area contributed by atoms with Crippen molar-refractivity contribution in [2.45, 2.75) is 44.6 Å². The number of fused-ring (bicyclic) bond motifs is 1. The average Bonchev–Trinajstić information content (AvgIpc) is 2.61. The number of pyridine rings is 1. The lowest BCUT2D eigenvalue weighted by atomic mass is 9.80. The number of carboxylic acids is 1. The molecule has 7 heteroatoms. The van der Waals surface area contributed by atoms with Crippen molar-refractivity contribution in [3.05, 3.63) is 46.0 Å². The van der Waals surface area contributed by atoms with Crippen LogP contribution in [0.1, 0.15) is 48.0 Å². The molecule has 2 heterocycles. The van der Waals surface area contributed by atoms with Gasteiger partial charge in [0.2, 0.25) is 0 Å². The van der Waals surface area contributed by atoms with E-state index in [1.165, 1.54) is 22.5 Å². The van der Waals surface area contributed by atoms with Gasteiger partial charge in [0.1, 0.15) is 16.7 Å². The van der Waals surface area contributed by atoms with Gasteiger partial charge in [0.15, 0.2) is 0 Å². The Labute approximate surface area is 144 Å². The van der Waals surface area contributed by atoms with Crippen LogP contribution >= 0.6 is 0 Å². The topological polar surface area (TPSA) is 92.0 Å². The zero-order valence-electron chi connectivity index (χ0n) is 14.4. The minimum atomic E-state index is -1.26. The van der Waals surface area contributed by atoms with Gasteiger partial charge in [-0.2, -0.15) is 0 Å². The number of nitrogens with zero attached hydrogens (tertiary/aromatic N) is 3. The van der Waals surface area contributed by atoms with E-state index in [0.29, 0.717) is 18.5 Å². The number of rotatable bonds is 3. The van der Waals surface area contributed by atoms with Crippen LogP contribution in [0, 0.1) is 6.92 Å². The Balaban J connectivity index is 2.04. The van der Waals surface area contributed by atoms with Crippen LogP contribution in [0.2, 0.25) is 0 Å². The van der Waals surface area contributed by atoms with E-state index >= 15 is 0 Å². The van der Waals surface area contributed by atoms with Gasteiger partial charge in [0.25, 0.3) is 11.5 Å². The van der Waals surface area contributed by atoms with Crippen molar-refractivity contribution in [1.29, 1.82) is 0 Å². The third-order valence-electron chi connectivity index (χ3n) is 5.12. The smallest absolute Gasteiger partial charge is 0.329 e. The van der Waals surface area contributed by atoms with Crippen molar-refractivity contribution in [3.8, 4) is 0 Å². The number of aryl methyl sites for hydroxylation is 1. The molecule has 1 fully saturated rings. The van der Waals surface area contributed by atoms with E-state index in [1.54, 1.807) is 18.3 Å². The molecule has 1 N–H and O–H groups in total. The molecule has 0 radical (unpaired) electrons. The first-order valence-electron chi connectivity index (χ1n) is 8.36. The molecule has 7 nitrogen and oxygen atoms in total. The second-order valence-corrected chi connectivity index (χ2v) is 6.67. The first kappa shape index (κ1) is 17.1. The normalized spacial score (nSPS) is 16.6. The highest BCUT2D eigenvalue weighted by Crippen LogP contribution is 2.33. The van der Waals surface area contributed by atoms with Crippen molar-refractivity contribution < 1.29 is 14.7 Å².